The Morgan fingerprint density at radius 2 is 1.79 bits per heavy atom. The predicted octanol–water partition coefficient (Wildman–Crippen LogP) is 3.33. The van der Waals surface area contributed by atoms with Crippen molar-refractivity contribution in [3.8, 4) is 0 Å². The molecular weight excluding hydrogens is 462 g/mol. The number of aromatic nitrogens is 1. The van der Waals surface area contributed by atoms with E-state index < -0.39 is 21.9 Å². The lowest BCUT2D eigenvalue weighted by molar-refractivity contribution is 0.0600. The van der Waals surface area contributed by atoms with Crippen molar-refractivity contribution in [2.45, 2.75) is 37.1 Å². The van der Waals surface area contributed by atoms with Gasteiger partial charge in [0, 0.05) is 25.2 Å². The van der Waals surface area contributed by atoms with Gasteiger partial charge >= 0.3 is 5.97 Å². The lowest BCUT2D eigenvalue weighted by atomic mass is 10.1. The van der Waals surface area contributed by atoms with Gasteiger partial charge in [-0.15, -0.1) is 0 Å². The average Bonchev–Trinajstić information content (AvgIpc) is 3.13. The summed E-state index contributed by atoms with van der Waals surface area (Å²) in [6, 6.07) is 11.0. The van der Waals surface area contributed by atoms with Crippen LogP contribution in [-0.4, -0.2) is 48.9 Å². The molecule has 33 heavy (non-hydrogen) atoms. The number of sulfonamides is 1. The third-order valence-electron chi connectivity index (χ3n) is 5.88. The van der Waals surface area contributed by atoms with E-state index in [-0.39, 0.29) is 10.9 Å². The number of hydrogen-bond donors (Lipinski definition) is 0. The molecule has 0 bridgehead atoms. The van der Waals surface area contributed by atoms with Crippen molar-refractivity contribution in [3.63, 3.8) is 0 Å². The second kappa shape index (κ2) is 9.20. The molecule has 2 aromatic carbocycles. The van der Waals surface area contributed by atoms with Crippen LogP contribution in [0.1, 0.15) is 46.9 Å². The van der Waals surface area contributed by atoms with E-state index in [1.54, 1.807) is 29.8 Å². The Morgan fingerprint density at radius 1 is 1.09 bits per heavy atom. The highest BCUT2D eigenvalue weighted by Crippen LogP contribution is 2.25. The van der Waals surface area contributed by atoms with E-state index in [1.165, 1.54) is 47.0 Å². The van der Waals surface area contributed by atoms with Gasteiger partial charge < -0.3 is 9.30 Å². The van der Waals surface area contributed by atoms with Crippen molar-refractivity contribution in [2.24, 2.45) is 12.0 Å². The number of esters is 1. The van der Waals surface area contributed by atoms with Gasteiger partial charge in [0.05, 0.1) is 27.8 Å². The quantitative estimate of drug-likeness (QED) is 0.526. The van der Waals surface area contributed by atoms with E-state index in [0.29, 0.717) is 22.5 Å². The van der Waals surface area contributed by atoms with Crippen LogP contribution in [-0.2, 0) is 21.8 Å². The second-order valence-electron chi connectivity index (χ2n) is 8.02. The molecule has 0 radical (unpaired) electrons. The monoisotopic (exact) mass is 487 g/mol. The van der Waals surface area contributed by atoms with Gasteiger partial charge in [0.1, 0.15) is 0 Å². The molecule has 0 saturated carbocycles. The minimum atomic E-state index is -3.60. The molecule has 0 N–H and O–H groups in total. The molecule has 8 nitrogen and oxygen atoms in total. The third kappa shape index (κ3) is 4.50. The fourth-order valence-corrected chi connectivity index (χ4v) is 6.73. The van der Waals surface area contributed by atoms with Crippen molar-refractivity contribution < 1.29 is 22.7 Å². The van der Waals surface area contributed by atoms with Crippen LogP contribution in [0.3, 0.4) is 0 Å². The number of benzene rings is 2. The molecular formula is C23H25N3O5S2. The Balaban J connectivity index is 1.62. The first-order valence-electron chi connectivity index (χ1n) is 10.6. The highest BCUT2D eigenvalue weighted by Gasteiger charge is 2.30. The fraction of sp³-hybridized carbons (Fsp3) is 0.348. The van der Waals surface area contributed by atoms with Gasteiger partial charge in [0.2, 0.25) is 10.0 Å². The molecule has 2 heterocycles. The van der Waals surface area contributed by atoms with E-state index in [9.17, 15) is 18.0 Å². The molecule has 1 saturated heterocycles. The van der Waals surface area contributed by atoms with Crippen LogP contribution in [0.15, 0.2) is 52.4 Å². The molecule has 1 unspecified atom stereocenters. The van der Waals surface area contributed by atoms with E-state index in [2.05, 4.69) is 4.99 Å². The molecule has 174 valence electrons. The summed E-state index contributed by atoms with van der Waals surface area (Å²) in [5.74, 6) is -0.905. The molecule has 1 amide bonds. The number of aryl methyl sites for hydroxylation is 1. The first-order valence-corrected chi connectivity index (χ1v) is 12.9. The topological polar surface area (TPSA) is 98.0 Å². The summed E-state index contributed by atoms with van der Waals surface area (Å²) in [4.78, 5) is 29.4. The number of thiazole rings is 1. The summed E-state index contributed by atoms with van der Waals surface area (Å²) in [5.41, 5.74) is 1.55. The lowest BCUT2D eigenvalue weighted by Gasteiger charge is -2.32. The summed E-state index contributed by atoms with van der Waals surface area (Å²) in [6.07, 6.45) is 2.73. The van der Waals surface area contributed by atoms with E-state index in [1.807, 2.05) is 6.92 Å². The largest absolute Gasteiger partial charge is 0.465 e. The van der Waals surface area contributed by atoms with Crippen molar-refractivity contribution in [1.29, 1.82) is 0 Å². The predicted molar refractivity (Wildman–Crippen MR) is 126 cm³/mol. The molecule has 1 aromatic heterocycles. The zero-order valence-corrected chi connectivity index (χ0v) is 20.3. The Labute approximate surface area is 196 Å². The molecule has 10 heteroatoms. The maximum atomic E-state index is 13.0. The highest BCUT2D eigenvalue weighted by molar-refractivity contribution is 7.89. The van der Waals surface area contributed by atoms with Crippen molar-refractivity contribution in [3.05, 3.63) is 58.4 Å². The number of ether oxygens (including phenoxy) is 1. The van der Waals surface area contributed by atoms with Gasteiger partial charge in [0.15, 0.2) is 4.80 Å². The molecule has 4 rings (SSSR count). The Bertz CT molecular complexity index is 1390. The fourth-order valence-electron chi connectivity index (χ4n) is 3.97. The number of rotatable bonds is 4. The number of nitrogens with zero attached hydrogens (tertiary/aromatic N) is 3. The standard InChI is InChI=1S/C23H25N3O5S2/c1-15-6-4-5-13-26(15)33(29,30)18-10-7-16(8-11-18)21(27)24-23-25(2)19-12-9-17(22(28)31-3)14-20(19)32-23/h7-12,14-15H,4-6,13H2,1-3H3. The zero-order chi connectivity index (χ0) is 23.8. The first-order chi connectivity index (χ1) is 15.7. The van der Waals surface area contributed by atoms with Crippen LogP contribution in [0.5, 0.6) is 0 Å². The highest BCUT2D eigenvalue weighted by atomic mass is 32.2. The summed E-state index contributed by atoms with van der Waals surface area (Å²) >= 11 is 1.28. The number of methoxy groups -OCH3 is 1. The molecule has 1 fully saturated rings. The SMILES string of the molecule is COC(=O)c1ccc2c(c1)sc(=NC(=O)c1ccc(S(=O)(=O)N3CCCCC3C)cc1)n2C. The second-order valence-corrected chi connectivity index (χ2v) is 10.9. The van der Waals surface area contributed by atoms with Crippen LogP contribution in [0, 0.1) is 0 Å². The summed E-state index contributed by atoms with van der Waals surface area (Å²) in [7, 11) is -0.485. The zero-order valence-electron chi connectivity index (χ0n) is 18.6. The molecule has 3 aromatic rings. The van der Waals surface area contributed by atoms with Gasteiger partial charge in [-0.25, -0.2) is 13.2 Å². The van der Waals surface area contributed by atoms with E-state index in [4.69, 9.17) is 4.74 Å². The van der Waals surface area contributed by atoms with Gasteiger partial charge in [-0.1, -0.05) is 17.8 Å². The first kappa shape index (κ1) is 23.3. The lowest BCUT2D eigenvalue weighted by Crippen LogP contribution is -2.41. The Hall–Kier alpha value is -2.82. The normalized spacial score (nSPS) is 17.9. The van der Waals surface area contributed by atoms with Gasteiger partial charge in [-0.05, 0) is 62.2 Å². The average molecular weight is 488 g/mol. The van der Waals surface area contributed by atoms with Crippen LogP contribution in [0.4, 0.5) is 0 Å². The van der Waals surface area contributed by atoms with Crippen LogP contribution < -0.4 is 4.80 Å². The van der Waals surface area contributed by atoms with Crippen LogP contribution in [0.25, 0.3) is 10.2 Å². The molecule has 0 aliphatic carbocycles. The number of piperidine rings is 1. The van der Waals surface area contributed by atoms with Crippen molar-refractivity contribution in [2.75, 3.05) is 13.7 Å². The number of carbonyl (C=O) groups is 2. The minimum Gasteiger partial charge on any atom is -0.465 e. The smallest absolute Gasteiger partial charge is 0.337 e. The van der Waals surface area contributed by atoms with E-state index >= 15 is 0 Å². The summed E-state index contributed by atoms with van der Waals surface area (Å²) < 4.78 is 34.9. The third-order valence-corrected chi connectivity index (χ3v) is 9.00. The molecule has 1 aliphatic heterocycles. The maximum Gasteiger partial charge on any atom is 0.337 e. The Kier molecular flexibility index (Phi) is 6.51. The number of hydrogen-bond acceptors (Lipinski definition) is 6. The molecule has 1 atom stereocenters. The minimum absolute atomic E-state index is 0.0345. The van der Waals surface area contributed by atoms with E-state index in [0.717, 1.165) is 29.5 Å². The summed E-state index contributed by atoms with van der Waals surface area (Å²) in [5, 5.41) is 0. The van der Waals surface area contributed by atoms with Crippen molar-refractivity contribution >= 4 is 43.5 Å². The molecule has 1 aliphatic rings. The number of carbonyl (C=O) groups excluding carboxylic acids is 2. The summed E-state index contributed by atoms with van der Waals surface area (Å²) in [6.45, 7) is 2.44. The van der Waals surface area contributed by atoms with Gasteiger partial charge in [0.25, 0.3) is 5.91 Å². The number of fused-ring (bicyclic) bond motifs is 1. The maximum absolute atomic E-state index is 13.0. The van der Waals surface area contributed by atoms with Gasteiger partial charge in [-0.3, -0.25) is 4.79 Å². The van der Waals surface area contributed by atoms with Crippen LogP contribution in [0.2, 0.25) is 0 Å². The molecule has 0 spiro atoms. The van der Waals surface area contributed by atoms with Gasteiger partial charge in [-0.2, -0.15) is 9.30 Å². The van der Waals surface area contributed by atoms with Crippen LogP contribution >= 0.6 is 11.3 Å². The van der Waals surface area contributed by atoms with Crippen molar-refractivity contribution in [1.82, 2.24) is 8.87 Å². The number of amides is 1. The Morgan fingerprint density at radius 3 is 2.45 bits per heavy atom.